The molecule has 3 saturated carbocycles. The molecule has 9 heteroatoms. The summed E-state index contributed by atoms with van der Waals surface area (Å²) in [5, 5.41) is 21.4. The number of hydrogen-bond donors (Lipinski definition) is 2. The van der Waals surface area contributed by atoms with Gasteiger partial charge >= 0.3 is 11.9 Å². The number of aliphatic hydroxyl groups excluding tert-OH is 2. The van der Waals surface area contributed by atoms with Gasteiger partial charge in [-0.15, -0.1) is 0 Å². The molecule has 0 amide bonds. The Kier molecular flexibility index (Phi) is 7.03. The van der Waals surface area contributed by atoms with Crippen molar-refractivity contribution in [1.82, 2.24) is 0 Å². The highest BCUT2D eigenvalue weighted by Gasteiger charge is 2.77. The Labute approximate surface area is 216 Å². The summed E-state index contributed by atoms with van der Waals surface area (Å²) in [5.74, 6) is -3.93. The zero-order chi connectivity index (χ0) is 27.4. The third-order valence-corrected chi connectivity index (χ3v) is 9.85. The second kappa shape index (κ2) is 9.42. The molecule has 0 bridgehead atoms. The molecule has 0 radical (unpaired) electrons. The molecule has 0 aromatic heterocycles. The molecule has 204 valence electrons. The molecule has 4 aliphatic rings. The monoisotopic (exact) mass is 520 g/mol. The van der Waals surface area contributed by atoms with Crippen LogP contribution < -0.4 is 0 Å². The first-order valence-corrected chi connectivity index (χ1v) is 13.1. The van der Waals surface area contributed by atoms with E-state index in [1.54, 1.807) is 33.8 Å². The van der Waals surface area contributed by atoms with E-state index in [1.807, 2.05) is 0 Å². The lowest BCUT2D eigenvalue weighted by Gasteiger charge is -2.62. The zero-order valence-corrected chi connectivity index (χ0v) is 21.9. The number of aliphatic hydroxyl groups is 2. The lowest BCUT2D eigenvalue weighted by Crippen LogP contribution is -2.70. The smallest absolute Gasteiger partial charge is 0.307 e. The molecule has 4 aliphatic carbocycles. The number of hydrogen-bond acceptors (Lipinski definition) is 8. The molecular formula is C28H37FO8. The van der Waals surface area contributed by atoms with Crippen LogP contribution in [-0.4, -0.2) is 64.3 Å². The van der Waals surface area contributed by atoms with Gasteiger partial charge in [0.1, 0.15) is 6.61 Å². The van der Waals surface area contributed by atoms with E-state index >= 15 is 4.39 Å². The van der Waals surface area contributed by atoms with E-state index < -0.39 is 70.3 Å². The largest absolute Gasteiger partial charge is 0.466 e. The van der Waals surface area contributed by atoms with E-state index in [2.05, 4.69) is 0 Å². The molecule has 37 heavy (non-hydrogen) atoms. The minimum absolute atomic E-state index is 0.168. The molecule has 2 N–H and O–H groups in total. The van der Waals surface area contributed by atoms with Crippen LogP contribution in [0.3, 0.4) is 0 Å². The number of halogens is 1. The predicted octanol–water partition coefficient (Wildman–Crippen LogP) is 2.79. The van der Waals surface area contributed by atoms with Crippen LogP contribution in [0.4, 0.5) is 4.39 Å². The minimum Gasteiger partial charge on any atom is -0.466 e. The molecule has 0 aromatic carbocycles. The first kappa shape index (κ1) is 27.6. The van der Waals surface area contributed by atoms with Gasteiger partial charge in [0.25, 0.3) is 0 Å². The summed E-state index contributed by atoms with van der Waals surface area (Å²) in [7, 11) is 0. The number of ketones is 2. The van der Waals surface area contributed by atoms with Gasteiger partial charge in [0.15, 0.2) is 17.1 Å². The minimum atomic E-state index is -2.09. The van der Waals surface area contributed by atoms with Crippen molar-refractivity contribution in [3.05, 3.63) is 23.8 Å². The van der Waals surface area contributed by atoms with E-state index in [4.69, 9.17) is 9.47 Å². The summed E-state index contributed by atoms with van der Waals surface area (Å²) in [6.45, 7) is 6.13. The van der Waals surface area contributed by atoms with Crippen LogP contribution in [0.1, 0.15) is 66.2 Å². The van der Waals surface area contributed by atoms with Crippen LogP contribution in [0.5, 0.6) is 0 Å². The van der Waals surface area contributed by atoms with Gasteiger partial charge < -0.3 is 19.7 Å². The SMILES string of the molecule is CCOC(=O)CCC(=O)O[C@]1(C(=O)CO)[C@@H](C)C[C@H]2[C@@H]3CCC4=CC(=O)C=C[C@]4(C)[C@@]3(F)[C@@H](O)C[C@@]21C. The number of alkyl halides is 1. The quantitative estimate of drug-likeness (QED) is 0.491. The van der Waals surface area contributed by atoms with Gasteiger partial charge in [-0.05, 0) is 57.6 Å². The van der Waals surface area contributed by atoms with E-state index in [0.717, 1.165) is 0 Å². The number of ether oxygens (including phenoxy) is 2. The van der Waals surface area contributed by atoms with Gasteiger partial charge in [-0.25, -0.2) is 4.39 Å². The number of allylic oxidation sites excluding steroid dienone is 4. The molecule has 0 aromatic rings. The highest BCUT2D eigenvalue weighted by molar-refractivity contribution is 6.01. The molecule has 0 heterocycles. The standard InChI is InChI=1S/C28H37FO8/c1-5-36-23(34)8-9-24(35)37-28(22(33)15-30)16(2)12-20-19-7-6-17-13-18(31)10-11-25(17,3)27(19,29)21(32)14-26(20,28)4/h10-11,13,16,19-21,30,32H,5-9,12,14-15H2,1-4H3/t16-,19-,20-,21-,25-,26-,27-,28-/m0/s1. The Morgan fingerprint density at radius 2 is 1.84 bits per heavy atom. The molecule has 0 unspecified atom stereocenters. The zero-order valence-electron chi connectivity index (χ0n) is 21.9. The van der Waals surface area contributed by atoms with Crippen LogP contribution in [0, 0.1) is 28.6 Å². The molecular weight excluding hydrogens is 483 g/mol. The number of carbonyl (C=O) groups excluding carboxylic acids is 4. The van der Waals surface area contributed by atoms with Gasteiger partial charge in [-0.1, -0.05) is 25.5 Å². The van der Waals surface area contributed by atoms with Crippen LogP contribution in [0.2, 0.25) is 0 Å². The molecule has 0 saturated heterocycles. The van der Waals surface area contributed by atoms with Crippen molar-refractivity contribution >= 4 is 23.5 Å². The first-order chi connectivity index (χ1) is 17.3. The lowest BCUT2D eigenvalue weighted by atomic mass is 9.44. The van der Waals surface area contributed by atoms with Crippen molar-refractivity contribution in [2.24, 2.45) is 28.6 Å². The van der Waals surface area contributed by atoms with Gasteiger partial charge in [-0.3, -0.25) is 19.2 Å². The van der Waals surface area contributed by atoms with Crippen LogP contribution in [0.25, 0.3) is 0 Å². The third kappa shape index (κ3) is 3.75. The van der Waals surface area contributed by atoms with Crippen LogP contribution in [-0.2, 0) is 28.7 Å². The van der Waals surface area contributed by atoms with E-state index in [9.17, 15) is 29.4 Å². The second-order valence-electron chi connectivity index (χ2n) is 11.5. The molecule has 0 aliphatic heterocycles. The Bertz CT molecular complexity index is 1070. The fourth-order valence-electron chi connectivity index (χ4n) is 8.18. The molecule has 4 rings (SSSR count). The van der Waals surface area contributed by atoms with Gasteiger partial charge in [-0.2, -0.15) is 0 Å². The van der Waals surface area contributed by atoms with E-state index in [-0.39, 0.29) is 31.7 Å². The van der Waals surface area contributed by atoms with Crippen molar-refractivity contribution in [3.63, 3.8) is 0 Å². The summed E-state index contributed by atoms with van der Waals surface area (Å²) in [6, 6.07) is 0. The number of Topliss-reactive ketones (excluding diaryl/α,β-unsaturated/α-hetero) is 1. The Morgan fingerprint density at radius 3 is 2.49 bits per heavy atom. The second-order valence-corrected chi connectivity index (χ2v) is 11.5. The summed E-state index contributed by atoms with van der Waals surface area (Å²) < 4.78 is 28.1. The fourth-order valence-corrected chi connectivity index (χ4v) is 8.18. The summed E-state index contributed by atoms with van der Waals surface area (Å²) in [6.07, 6.45) is 3.34. The highest BCUT2D eigenvalue weighted by atomic mass is 19.1. The Morgan fingerprint density at radius 1 is 1.16 bits per heavy atom. The Hall–Kier alpha value is -2.39. The number of carbonyl (C=O) groups is 4. The topological polar surface area (TPSA) is 127 Å². The normalized spacial score (nSPS) is 42.2. The maximum Gasteiger partial charge on any atom is 0.307 e. The lowest BCUT2D eigenvalue weighted by molar-refractivity contribution is -0.228. The summed E-state index contributed by atoms with van der Waals surface area (Å²) >= 11 is 0. The van der Waals surface area contributed by atoms with Crippen molar-refractivity contribution in [3.8, 4) is 0 Å². The van der Waals surface area contributed by atoms with Crippen molar-refractivity contribution < 1.29 is 43.3 Å². The van der Waals surface area contributed by atoms with Gasteiger partial charge in [0, 0.05) is 22.7 Å². The summed E-state index contributed by atoms with van der Waals surface area (Å²) in [5.41, 5.74) is -5.57. The number of fused-ring (bicyclic) bond motifs is 5. The molecule has 3 fully saturated rings. The average molecular weight is 521 g/mol. The van der Waals surface area contributed by atoms with Crippen LogP contribution in [0.15, 0.2) is 23.8 Å². The van der Waals surface area contributed by atoms with E-state index in [0.29, 0.717) is 24.8 Å². The van der Waals surface area contributed by atoms with Crippen LogP contribution >= 0.6 is 0 Å². The van der Waals surface area contributed by atoms with Crippen molar-refractivity contribution in [2.75, 3.05) is 13.2 Å². The first-order valence-electron chi connectivity index (χ1n) is 13.1. The summed E-state index contributed by atoms with van der Waals surface area (Å²) in [4.78, 5) is 50.1. The third-order valence-electron chi connectivity index (χ3n) is 9.85. The molecule has 0 spiro atoms. The van der Waals surface area contributed by atoms with Gasteiger partial charge in [0.2, 0.25) is 5.78 Å². The highest BCUT2D eigenvalue weighted by Crippen LogP contribution is 2.71. The number of rotatable bonds is 7. The predicted molar refractivity (Wildman–Crippen MR) is 130 cm³/mol. The van der Waals surface area contributed by atoms with Crippen molar-refractivity contribution in [2.45, 2.75) is 83.6 Å². The maximum absolute atomic E-state index is 17.3. The van der Waals surface area contributed by atoms with Crippen molar-refractivity contribution in [1.29, 1.82) is 0 Å². The fraction of sp³-hybridized carbons (Fsp3) is 0.714. The Balaban J connectivity index is 1.72. The van der Waals surface area contributed by atoms with Gasteiger partial charge in [0.05, 0.1) is 25.6 Å². The molecule has 8 atom stereocenters. The molecule has 8 nitrogen and oxygen atoms in total. The van der Waals surface area contributed by atoms with E-state index in [1.165, 1.54) is 12.2 Å². The number of esters is 2. The average Bonchev–Trinajstić information content (AvgIpc) is 3.06. The maximum atomic E-state index is 17.3.